The summed E-state index contributed by atoms with van der Waals surface area (Å²) in [5, 5.41) is 15.2. The van der Waals surface area contributed by atoms with Gasteiger partial charge in [-0.25, -0.2) is 0 Å². The third-order valence-corrected chi connectivity index (χ3v) is 5.64. The number of rotatable bonds is 6. The maximum atomic E-state index is 12.4. The van der Waals surface area contributed by atoms with Crippen LogP contribution in [0, 0.1) is 13.8 Å². The number of carbonyl (C=O) groups excluding carboxylic acids is 1. The zero-order chi connectivity index (χ0) is 16.4. The zero-order valence-electron chi connectivity index (χ0n) is 13.4. The van der Waals surface area contributed by atoms with Gasteiger partial charge < -0.3 is 10.6 Å². The number of aryl methyl sites for hydroxylation is 2. The van der Waals surface area contributed by atoms with E-state index in [2.05, 4.69) is 26.9 Å². The molecule has 1 unspecified atom stereocenters. The van der Waals surface area contributed by atoms with Crippen molar-refractivity contribution in [3.63, 3.8) is 0 Å². The zero-order valence-corrected chi connectivity index (χ0v) is 15.1. The van der Waals surface area contributed by atoms with E-state index >= 15 is 0 Å². The predicted molar refractivity (Wildman–Crippen MR) is 96.4 cm³/mol. The number of carbonyl (C=O) groups is 1. The molecule has 1 aromatic carbocycles. The third-order valence-electron chi connectivity index (χ3n) is 3.60. The molecule has 1 amide bonds. The Morgan fingerprint density at radius 3 is 2.83 bits per heavy atom. The summed E-state index contributed by atoms with van der Waals surface area (Å²) in [5.74, 6) is -0.0196. The van der Waals surface area contributed by atoms with Crippen LogP contribution in [0.15, 0.2) is 22.5 Å². The molecule has 1 atom stereocenters. The van der Waals surface area contributed by atoms with Gasteiger partial charge in [-0.3, -0.25) is 4.79 Å². The first-order valence-corrected chi connectivity index (χ1v) is 9.35. The van der Waals surface area contributed by atoms with E-state index < -0.39 is 0 Å². The Labute approximate surface area is 144 Å². The molecular weight excluding hydrogens is 328 g/mol. The number of nitrogens with zero attached hydrogens (tertiary/aromatic N) is 2. The highest BCUT2D eigenvalue weighted by Crippen LogP contribution is 2.32. The Morgan fingerprint density at radius 2 is 2.13 bits per heavy atom. The van der Waals surface area contributed by atoms with Crippen molar-refractivity contribution in [3.05, 3.63) is 29.3 Å². The first-order valence-electron chi connectivity index (χ1n) is 7.66. The Bertz CT molecular complexity index is 712. The second-order valence-corrected chi connectivity index (χ2v) is 8.42. The van der Waals surface area contributed by atoms with Crippen molar-refractivity contribution in [2.45, 2.75) is 49.2 Å². The fourth-order valence-corrected chi connectivity index (χ4v) is 4.08. The number of aromatic nitrogens is 2. The molecule has 1 fully saturated rings. The number of hydrogen-bond donors (Lipinski definition) is 2. The van der Waals surface area contributed by atoms with E-state index in [4.69, 9.17) is 0 Å². The summed E-state index contributed by atoms with van der Waals surface area (Å²) in [6.07, 6.45) is 2.41. The van der Waals surface area contributed by atoms with Crippen LogP contribution in [-0.4, -0.2) is 27.4 Å². The topological polar surface area (TPSA) is 66.9 Å². The van der Waals surface area contributed by atoms with Gasteiger partial charge in [-0.1, -0.05) is 40.8 Å². The highest BCUT2D eigenvalue weighted by Gasteiger charge is 2.23. The molecule has 0 bridgehead atoms. The van der Waals surface area contributed by atoms with Crippen molar-refractivity contribution in [2.24, 2.45) is 0 Å². The van der Waals surface area contributed by atoms with Crippen LogP contribution in [0.2, 0.25) is 0 Å². The SMILES string of the molecule is Cc1ccc(NC(=O)C(C)Sc2nnc(NC3CC3)s2)c(C)c1. The molecule has 7 heteroatoms. The van der Waals surface area contributed by atoms with Crippen molar-refractivity contribution in [3.8, 4) is 0 Å². The van der Waals surface area contributed by atoms with E-state index in [1.165, 1.54) is 41.5 Å². The number of amides is 1. The van der Waals surface area contributed by atoms with Crippen molar-refractivity contribution < 1.29 is 4.79 Å². The molecule has 2 aromatic rings. The molecule has 0 saturated heterocycles. The van der Waals surface area contributed by atoms with Gasteiger partial charge in [-0.05, 0) is 45.2 Å². The fourth-order valence-electron chi connectivity index (χ4n) is 2.11. The molecule has 1 saturated carbocycles. The minimum Gasteiger partial charge on any atom is -0.357 e. The summed E-state index contributed by atoms with van der Waals surface area (Å²) in [6.45, 7) is 5.93. The monoisotopic (exact) mass is 348 g/mol. The standard InChI is InChI=1S/C16H20N4OS2/c1-9-4-7-13(10(2)8-9)18-14(21)11(3)22-16-20-19-15(23-16)17-12-5-6-12/h4,7-8,11-12H,5-6H2,1-3H3,(H,17,19)(H,18,21). The Kier molecular flexibility index (Phi) is 4.87. The van der Waals surface area contributed by atoms with Gasteiger partial charge in [0.25, 0.3) is 0 Å². The van der Waals surface area contributed by atoms with Gasteiger partial charge in [0.05, 0.1) is 5.25 Å². The van der Waals surface area contributed by atoms with Crippen LogP contribution in [0.3, 0.4) is 0 Å². The highest BCUT2D eigenvalue weighted by molar-refractivity contribution is 8.02. The predicted octanol–water partition coefficient (Wildman–Crippen LogP) is 3.85. The molecule has 1 heterocycles. The molecule has 0 spiro atoms. The molecule has 1 aliphatic rings. The van der Waals surface area contributed by atoms with Crippen LogP contribution in [0.25, 0.3) is 0 Å². The van der Waals surface area contributed by atoms with Crippen molar-refractivity contribution >= 4 is 39.8 Å². The van der Waals surface area contributed by atoms with Gasteiger partial charge in [0.15, 0.2) is 4.34 Å². The van der Waals surface area contributed by atoms with E-state index in [1.54, 1.807) is 0 Å². The lowest BCUT2D eigenvalue weighted by Gasteiger charge is -2.12. The van der Waals surface area contributed by atoms with Gasteiger partial charge in [-0.2, -0.15) is 0 Å². The van der Waals surface area contributed by atoms with Gasteiger partial charge in [0.1, 0.15) is 0 Å². The smallest absolute Gasteiger partial charge is 0.237 e. The lowest BCUT2D eigenvalue weighted by Crippen LogP contribution is -2.22. The van der Waals surface area contributed by atoms with Crippen LogP contribution >= 0.6 is 23.1 Å². The molecular formula is C16H20N4OS2. The largest absolute Gasteiger partial charge is 0.357 e. The normalized spacial score (nSPS) is 15.3. The second-order valence-electron chi connectivity index (χ2n) is 5.86. The number of nitrogens with one attached hydrogen (secondary N) is 2. The summed E-state index contributed by atoms with van der Waals surface area (Å²) in [5.41, 5.74) is 3.12. The summed E-state index contributed by atoms with van der Waals surface area (Å²) >= 11 is 2.95. The molecule has 3 rings (SSSR count). The first-order chi connectivity index (χ1) is 11.0. The van der Waals surface area contributed by atoms with Gasteiger partial charge in [0, 0.05) is 11.7 Å². The third kappa shape index (κ3) is 4.45. The molecule has 122 valence electrons. The molecule has 23 heavy (non-hydrogen) atoms. The maximum Gasteiger partial charge on any atom is 0.237 e. The number of thioether (sulfide) groups is 1. The van der Waals surface area contributed by atoms with Crippen LogP contribution in [-0.2, 0) is 4.79 Å². The van der Waals surface area contributed by atoms with Crippen LogP contribution in [0.1, 0.15) is 30.9 Å². The van der Waals surface area contributed by atoms with Crippen LogP contribution < -0.4 is 10.6 Å². The van der Waals surface area contributed by atoms with Gasteiger partial charge in [-0.15, -0.1) is 10.2 Å². The van der Waals surface area contributed by atoms with Gasteiger partial charge in [0.2, 0.25) is 11.0 Å². The van der Waals surface area contributed by atoms with E-state index in [0.29, 0.717) is 6.04 Å². The average Bonchev–Trinajstić information content (AvgIpc) is 3.20. The first kappa shape index (κ1) is 16.3. The van der Waals surface area contributed by atoms with Crippen molar-refractivity contribution in [1.29, 1.82) is 0 Å². The van der Waals surface area contributed by atoms with Crippen molar-refractivity contribution in [1.82, 2.24) is 10.2 Å². The minimum atomic E-state index is -0.225. The quantitative estimate of drug-likeness (QED) is 0.776. The van der Waals surface area contributed by atoms with E-state index in [1.807, 2.05) is 32.9 Å². The van der Waals surface area contributed by atoms with Crippen LogP contribution in [0.5, 0.6) is 0 Å². The summed E-state index contributed by atoms with van der Waals surface area (Å²) < 4.78 is 0.816. The molecule has 1 aromatic heterocycles. The second kappa shape index (κ2) is 6.88. The molecule has 5 nitrogen and oxygen atoms in total. The lowest BCUT2D eigenvalue weighted by atomic mass is 10.1. The van der Waals surface area contributed by atoms with Gasteiger partial charge >= 0.3 is 0 Å². The minimum absolute atomic E-state index is 0.0196. The number of benzene rings is 1. The summed E-state index contributed by atoms with van der Waals surface area (Å²) in [6, 6.07) is 6.57. The number of anilines is 2. The fraction of sp³-hybridized carbons (Fsp3) is 0.438. The average molecular weight is 348 g/mol. The molecule has 0 radical (unpaired) electrons. The Balaban J connectivity index is 1.57. The van der Waals surface area contributed by atoms with E-state index in [9.17, 15) is 4.79 Å². The summed E-state index contributed by atoms with van der Waals surface area (Å²) in [7, 11) is 0. The Hall–Kier alpha value is -1.60. The molecule has 0 aliphatic heterocycles. The van der Waals surface area contributed by atoms with E-state index in [-0.39, 0.29) is 11.2 Å². The lowest BCUT2D eigenvalue weighted by molar-refractivity contribution is -0.115. The van der Waals surface area contributed by atoms with Crippen molar-refractivity contribution in [2.75, 3.05) is 10.6 Å². The highest BCUT2D eigenvalue weighted by atomic mass is 32.2. The van der Waals surface area contributed by atoms with Crippen LogP contribution in [0.4, 0.5) is 10.8 Å². The number of hydrogen-bond acceptors (Lipinski definition) is 6. The maximum absolute atomic E-state index is 12.4. The molecule has 1 aliphatic carbocycles. The Morgan fingerprint density at radius 1 is 1.35 bits per heavy atom. The molecule has 2 N–H and O–H groups in total. The summed E-state index contributed by atoms with van der Waals surface area (Å²) in [4.78, 5) is 12.4. The van der Waals surface area contributed by atoms with E-state index in [0.717, 1.165) is 20.7 Å².